The Kier molecular flexibility index (Phi) is 6.09. The third kappa shape index (κ3) is 4.69. The fourth-order valence-electron chi connectivity index (χ4n) is 3.64. The van der Waals surface area contributed by atoms with Crippen LogP contribution in [0.2, 0.25) is 0 Å². The molecule has 0 aliphatic heterocycles. The highest BCUT2D eigenvalue weighted by Gasteiger charge is 2.20. The summed E-state index contributed by atoms with van der Waals surface area (Å²) in [6.45, 7) is 3.11. The Morgan fingerprint density at radius 3 is 2.33 bits per heavy atom. The van der Waals surface area contributed by atoms with Gasteiger partial charge in [0.15, 0.2) is 0 Å². The van der Waals surface area contributed by atoms with Crippen molar-refractivity contribution in [3.05, 3.63) is 96.3 Å². The molecule has 0 saturated carbocycles. The number of carbonyl (C=O) groups is 1. The fourth-order valence-corrected chi connectivity index (χ4v) is 3.64. The van der Waals surface area contributed by atoms with Gasteiger partial charge in [-0.3, -0.25) is 4.79 Å². The Morgan fingerprint density at radius 2 is 1.63 bits per heavy atom. The Hall–Kier alpha value is -3.60. The van der Waals surface area contributed by atoms with E-state index in [0.29, 0.717) is 13.0 Å². The molecule has 1 amide bonds. The standard InChI is InChI=1S/C25H26N4O/c1-2-29(20-13-7-4-8-14-20)18-24(30)26-23(17-19-11-5-3-6-12-19)25-27-21-15-9-10-16-22(21)28-25/h3-16,23H,2,17-18H2,1H3,(H,26,30)(H,27,28)/t23-/m0/s1. The van der Waals surface area contributed by atoms with E-state index in [2.05, 4.69) is 34.3 Å². The van der Waals surface area contributed by atoms with Crippen LogP contribution in [0.4, 0.5) is 5.69 Å². The third-order valence-corrected chi connectivity index (χ3v) is 5.19. The van der Waals surface area contributed by atoms with Gasteiger partial charge in [-0.2, -0.15) is 0 Å². The first kappa shape index (κ1) is 19.7. The van der Waals surface area contributed by atoms with Crippen LogP contribution in [-0.2, 0) is 11.2 Å². The van der Waals surface area contributed by atoms with Gasteiger partial charge in [0.2, 0.25) is 5.91 Å². The normalized spacial score (nSPS) is 11.9. The Labute approximate surface area is 176 Å². The van der Waals surface area contributed by atoms with Gasteiger partial charge in [0.05, 0.1) is 23.6 Å². The van der Waals surface area contributed by atoms with E-state index in [-0.39, 0.29) is 11.9 Å². The van der Waals surface area contributed by atoms with Crippen LogP contribution in [0.1, 0.15) is 24.4 Å². The van der Waals surface area contributed by atoms with E-state index in [1.807, 2.05) is 72.8 Å². The molecule has 0 unspecified atom stereocenters. The molecule has 4 rings (SSSR count). The maximum atomic E-state index is 13.0. The summed E-state index contributed by atoms with van der Waals surface area (Å²) in [5, 5.41) is 3.20. The van der Waals surface area contributed by atoms with Crippen molar-refractivity contribution >= 4 is 22.6 Å². The smallest absolute Gasteiger partial charge is 0.240 e. The molecule has 0 radical (unpaired) electrons. The molecular formula is C25H26N4O. The van der Waals surface area contributed by atoms with Crippen molar-refractivity contribution in [3.63, 3.8) is 0 Å². The van der Waals surface area contributed by atoms with Crippen LogP contribution in [0.25, 0.3) is 11.0 Å². The zero-order chi connectivity index (χ0) is 20.8. The molecule has 1 atom stereocenters. The summed E-state index contributed by atoms with van der Waals surface area (Å²) in [6.07, 6.45) is 0.670. The van der Waals surface area contributed by atoms with Crippen molar-refractivity contribution in [2.45, 2.75) is 19.4 Å². The first-order chi connectivity index (χ1) is 14.7. The third-order valence-electron chi connectivity index (χ3n) is 5.19. The summed E-state index contributed by atoms with van der Waals surface area (Å²) in [6, 6.07) is 27.9. The lowest BCUT2D eigenvalue weighted by atomic mass is 10.1. The van der Waals surface area contributed by atoms with Gasteiger partial charge in [-0.05, 0) is 43.2 Å². The predicted molar refractivity (Wildman–Crippen MR) is 121 cm³/mol. The maximum absolute atomic E-state index is 13.0. The number of hydrogen-bond acceptors (Lipinski definition) is 3. The summed E-state index contributed by atoms with van der Waals surface area (Å²) in [4.78, 5) is 23.2. The van der Waals surface area contributed by atoms with Crippen molar-refractivity contribution in [2.24, 2.45) is 0 Å². The number of aromatic amines is 1. The zero-order valence-corrected chi connectivity index (χ0v) is 17.1. The van der Waals surface area contributed by atoms with Crippen LogP contribution < -0.4 is 10.2 Å². The molecule has 3 aromatic carbocycles. The maximum Gasteiger partial charge on any atom is 0.240 e. The first-order valence-electron chi connectivity index (χ1n) is 10.3. The van der Waals surface area contributed by atoms with Gasteiger partial charge >= 0.3 is 0 Å². The first-order valence-corrected chi connectivity index (χ1v) is 10.3. The van der Waals surface area contributed by atoms with Crippen LogP contribution in [0.5, 0.6) is 0 Å². The second-order valence-corrected chi connectivity index (χ2v) is 7.30. The molecule has 0 saturated heterocycles. The number of H-pyrrole nitrogens is 1. The minimum absolute atomic E-state index is 0.0258. The number of carbonyl (C=O) groups excluding carboxylic acids is 1. The van der Waals surface area contributed by atoms with Crippen LogP contribution in [0.3, 0.4) is 0 Å². The van der Waals surface area contributed by atoms with E-state index in [0.717, 1.165) is 34.7 Å². The highest BCUT2D eigenvalue weighted by molar-refractivity contribution is 5.82. The number of rotatable bonds is 8. The quantitative estimate of drug-likeness (QED) is 0.460. The lowest BCUT2D eigenvalue weighted by Crippen LogP contribution is -2.39. The average molecular weight is 399 g/mol. The predicted octanol–water partition coefficient (Wildman–Crippen LogP) is 4.49. The van der Waals surface area contributed by atoms with Gasteiger partial charge in [0, 0.05) is 12.2 Å². The SMILES string of the molecule is CCN(CC(=O)N[C@@H](Cc1ccccc1)c1nc2ccccc2[nH]1)c1ccccc1. The zero-order valence-electron chi connectivity index (χ0n) is 17.1. The molecule has 1 heterocycles. The van der Waals surface area contributed by atoms with Crippen LogP contribution >= 0.6 is 0 Å². The van der Waals surface area contributed by atoms with Crippen molar-refractivity contribution in [1.82, 2.24) is 15.3 Å². The number of fused-ring (bicyclic) bond motifs is 1. The summed E-state index contributed by atoms with van der Waals surface area (Å²) in [5.74, 6) is 0.748. The number of anilines is 1. The number of imidazole rings is 1. The molecule has 2 N–H and O–H groups in total. The Morgan fingerprint density at radius 1 is 0.967 bits per heavy atom. The van der Waals surface area contributed by atoms with Gasteiger partial charge in [0.25, 0.3) is 0 Å². The van der Waals surface area contributed by atoms with E-state index in [1.165, 1.54) is 0 Å². The summed E-state index contributed by atoms with van der Waals surface area (Å²) in [5.41, 5.74) is 4.07. The van der Waals surface area contributed by atoms with Crippen molar-refractivity contribution in [3.8, 4) is 0 Å². The number of likely N-dealkylation sites (N-methyl/N-ethyl adjacent to an activating group) is 1. The molecule has 5 nitrogen and oxygen atoms in total. The van der Waals surface area contributed by atoms with E-state index in [1.54, 1.807) is 0 Å². The molecule has 30 heavy (non-hydrogen) atoms. The van der Waals surface area contributed by atoms with Crippen LogP contribution in [-0.4, -0.2) is 29.0 Å². The largest absolute Gasteiger partial charge is 0.363 e. The topological polar surface area (TPSA) is 61.0 Å². The Balaban J connectivity index is 1.55. The number of aromatic nitrogens is 2. The number of hydrogen-bond donors (Lipinski definition) is 2. The number of nitrogens with one attached hydrogen (secondary N) is 2. The number of amides is 1. The van der Waals surface area contributed by atoms with E-state index in [4.69, 9.17) is 4.98 Å². The van der Waals surface area contributed by atoms with Gasteiger partial charge < -0.3 is 15.2 Å². The van der Waals surface area contributed by atoms with E-state index < -0.39 is 0 Å². The van der Waals surface area contributed by atoms with E-state index >= 15 is 0 Å². The van der Waals surface area contributed by atoms with Gasteiger partial charge in [0.1, 0.15) is 5.82 Å². The van der Waals surface area contributed by atoms with Crippen LogP contribution in [0, 0.1) is 0 Å². The monoisotopic (exact) mass is 398 g/mol. The Bertz CT molecular complexity index is 1060. The lowest BCUT2D eigenvalue weighted by molar-refractivity contribution is -0.120. The number of benzene rings is 3. The second kappa shape index (κ2) is 9.27. The molecule has 0 fully saturated rings. The highest BCUT2D eigenvalue weighted by atomic mass is 16.2. The minimum atomic E-state index is -0.234. The summed E-state index contributed by atoms with van der Waals surface area (Å²) < 4.78 is 0. The van der Waals surface area contributed by atoms with Crippen molar-refractivity contribution in [1.29, 1.82) is 0 Å². The van der Waals surface area contributed by atoms with Gasteiger partial charge in [-0.25, -0.2) is 4.98 Å². The lowest BCUT2D eigenvalue weighted by Gasteiger charge is -2.24. The molecule has 0 spiro atoms. The molecule has 152 valence electrons. The fraction of sp³-hybridized carbons (Fsp3) is 0.200. The highest BCUT2D eigenvalue weighted by Crippen LogP contribution is 2.20. The van der Waals surface area contributed by atoms with Crippen LogP contribution in [0.15, 0.2) is 84.9 Å². The second-order valence-electron chi connectivity index (χ2n) is 7.30. The number of nitrogens with zero attached hydrogens (tertiary/aromatic N) is 2. The molecule has 0 aliphatic rings. The van der Waals surface area contributed by atoms with Gasteiger partial charge in [-0.1, -0.05) is 60.7 Å². The van der Waals surface area contributed by atoms with Crippen molar-refractivity contribution < 1.29 is 4.79 Å². The molecule has 0 bridgehead atoms. The average Bonchev–Trinajstić information content (AvgIpc) is 3.23. The molecule has 5 heteroatoms. The number of para-hydroxylation sites is 3. The molecule has 4 aromatic rings. The summed E-state index contributed by atoms with van der Waals surface area (Å²) in [7, 11) is 0. The van der Waals surface area contributed by atoms with E-state index in [9.17, 15) is 4.79 Å². The molecule has 1 aromatic heterocycles. The summed E-state index contributed by atoms with van der Waals surface area (Å²) >= 11 is 0. The van der Waals surface area contributed by atoms with Crippen molar-refractivity contribution in [2.75, 3.05) is 18.0 Å². The molecular weight excluding hydrogens is 372 g/mol. The van der Waals surface area contributed by atoms with Gasteiger partial charge in [-0.15, -0.1) is 0 Å². The minimum Gasteiger partial charge on any atom is -0.363 e. The molecule has 0 aliphatic carbocycles.